The Morgan fingerprint density at radius 2 is 0.989 bits per heavy atom. The summed E-state index contributed by atoms with van der Waals surface area (Å²) in [7, 11) is 10.5. The SMILES string of the molecule is CN(C)C(=O)c1cc(-c2cnc(NCc3c(F)ccc4c3CCO4)c3cnccc23)n(C)n1.COc1cc2c(-c3cc(C)nn3C)cnc(NCc3c(F)ccc4c3CCO4)c2cn1.Cn1nc(C#N)cc1-c1cnc(NCc2c(F)ccc3c2CCO3)c2cnccc12. The molecule has 12 aromatic rings. The fourth-order valence-electron chi connectivity index (χ4n) is 12.2. The lowest BCUT2D eigenvalue weighted by molar-refractivity contribution is 0.0821. The second kappa shape index (κ2) is 25.9. The molecule has 15 rings (SSSR count). The zero-order valence-electron chi connectivity index (χ0n) is 52.3. The summed E-state index contributed by atoms with van der Waals surface area (Å²) < 4.78 is 70.7. The van der Waals surface area contributed by atoms with E-state index in [-0.39, 0.29) is 29.9 Å². The van der Waals surface area contributed by atoms with E-state index < -0.39 is 0 Å². The molecule has 94 heavy (non-hydrogen) atoms. The Kier molecular flexibility index (Phi) is 16.9. The number of hydrogen-bond donors (Lipinski definition) is 3. The number of rotatable bonds is 14. The maximum Gasteiger partial charge on any atom is 0.273 e. The lowest BCUT2D eigenvalue weighted by atomic mass is 10.0. The van der Waals surface area contributed by atoms with Gasteiger partial charge in [-0.15, -0.1) is 0 Å². The van der Waals surface area contributed by atoms with Crippen LogP contribution in [0.4, 0.5) is 30.6 Å². The summed E-state index contributed by atoms with van der Waals surface area (Å²) in [6.07, 6.45) is 16.0. The highest BCUT2D eigenvalue weighted by atomic mass is 19.1. The van der Waals surface area contributed by atoms with Crippen LogP contribution in [0.15, 0.2) is 122 Å². The summed E-state index contributed by atoms with van der Waals surface area (Å²) in [4.78, 5) is 40.5. The van der Waals surface area contributed by atoms with Gasteiger partial charge in [0.05, 0.1) is 49.7 Å². The fraction of sp³-hybridized carbons (Fsp3) is 0.232. The molecule has 0 unspecified atom stereocenters. The molecule has 12 heterocycles. The minimum Gasteiger partial charge on any atom is -0.493 e. The third kappa shape index (κ3) is 11.9. The molecule has 0 fully saturated rings. The van der Waals surface area contributed by atoms with Gasteiger partial charge in [0.15, 0.2) is 11.4 Å². The maximum absolute atomic E-state index is 14.5. The van der Waals surface area contributed by atoms with Gasteiger partial charge < -0.3 is 39.8 Å². The van der Waals surface area contributed by atoms with Crippen LogP contribution in [0.1, 0.15) is 55.3 Å². The van der Waals surface area contributed by atoms with E-state index in [4.69, 9.17) is 24.2 Å². The van der Waals surface area contributed by atoms with E-state index in [1.807, 2.05) is 42.9 Å². The Bertz CT molecular complexity index is 4980. The van der Waals surface area contributed by atoms with Gasteiger partial charge in [-0.05, 0) is 78.4 Å². The molecule has 3 aliphatic rings. The minimum atomic E-state index is -0.265. The van der Waals surface area contributed by atoms with E-state index in [0.717, 1.165) is 106 Å². The number of benzene rings is 3. The first-order chi connectivity index (χ1) is 45.6. The van der Waals surface area contributed by atoms with E-state index >= 15 is 0 Å². The quantitative estimate of drug-likeness (QED) is 0.0915. The molecule has 3 aromatic carbocycles. The molecule has 1 amide bonds. The van der Waals surface area contributed by atoms with Crippen molar-refractivity contribution in [3.05, 3.63) is 190 Å². The fourth-order valence-corrected chi connectivity index (χ4v) is 12.2. The van der Waals surface area contributed by atoms with E-state index in [0.29, 0.717) is 104 Å². The number of hydrogen-bond acceptors (Lipinski definition) is 18. The average molecular weight is 1270 g/mol. The molecule has 0 atom stereocenters. The Labute approximate surface area is 537 Å². The van der Waals surface area contributed by atoms with E-state index in [2.05, 4.69) is 67.2 Å². The van der Waals surface area contributed by atoms with Gasteiger partial charge >= 0.3 is 0 Å². The highest BCUT2D eigenvalue weighted by Crippen LogP contribution is 2.39. The first-order valence-corrected chi connectivity index (χ1v) is 30.1. The molecule has 3 aliphatic heterocycles. The summed E-state index contributed by atoms with van der Waals surface area (Å²) in [5.41, 5.74) is 11.2. The van der Waals surface area contributed by atoms with Crippen molar-refractivity contribution >= 4 is 55.7 Å². The lowest BCUT2D eigenvalue weighted by Crippen LogP contribution is -2.22. The molecule has 474 valence electrons. The topological polar surface area (TPSA) is 248 Å². The smallest absolute Gasteiger partial charge is 0.273 e. The van der Waals surface area contributed by atoms with Gasteiger partial charge in [-0.2, -0.15) is 20.6 Å². The van der Waals surface area contributed by atoms with Crippen molar-refractivity contribution in [1.82, 2.24) is 64.1 Å². The Hall–Kier alpha value is -11.7. The molecule has 0 bridgehead atoms. The van der Waals surface area contributed by atoms with Crippen LogP contribution in [0.5, 0.6) is 23.1 Å². The maximum atomic E-state index is 14.5. The van der Waals surface area contributed by atoms with Gasteiger partial charge in [-0.25, -0.2) is 33.1 Å². The number of ether oxygens (including phenoxy) is 4. The van der Waals surface area contributed by atoms with Gasteiger partial charge in [0.2, 0.25) is 5.88 Å². The Morgan fingerprint density at radius 3 is 1.43 bits per heavy atom. The van der Waals surface area contributed by atoms with Crippen LogP contribution >= 0.6 is 0 Å². The van der Waals surface area contributed by atoms with Crippen molar-refractivity contribution in [2.75, 3.05) is 57.0 Å². The highest BCUT2D eigenvalue weighted by Gasteiger charge is 2.25. The van der Waals surface area contributed by atoms with Crippen LogP contribution in [0.2, 0.25) is 0 Å². The number of carbonyl (C=O) groups excluding carboxylic acids is 1. The van der Waals surface area contributed by atoms with Crippen LogP contribution in [-0.4, -0.2) is 111 Å². The van der Waals surface area contributed by atoms with Crippen molar-refractivity contribution < 1.29 is 36.9 Å². The Morgan fingerprint density at radius 1 is 0.553 bits per heavy atom. The van der Waals surface area contributed by atoms with E-state index in [9.17, 15) is 18.0 Å². The number of methoxy groups -OCH3 is 1. The number of aryl methyl sites for hydroxylation is 4. The van der Waals surface area contributed by atoms with Crippen LogP contribution in [0.25, 0.3) is 66.1 Å². The van der Waals surface area contributed by atoms with Crippen molar-refractivity contribution in [2.24, 2.45) is 21.1 Å². The molecule has 0 radical (unpaired) electrons. The number of amides is 1. The van der Waals surface area contributed by atoms with Gasteiger partial charge in [0.25, 0.3) is 5.91 Å². The zero-order valence-corrected chi connectivity index (χ0v) is 52.3. The largest absolute Gasteiger partial charge is 0.493 e. The molecule has 0 saturated carbocycles. The number of nitriles is 1. The van der Waals surface area contributed by atoms with Crippen LogP contribution in [-0.2, 0) is 60.0 Å². The van der Waals surface area contributed by atoms with E-state index in [1.54, 1.807) is 125 Å². The molecular weight excluding hydrogens is 1200 g/mol. The first kappa shape index (κ1) is 61.2. The van der Waals surface area contributed by atoms with Crippen LogP contribution < -0.4 is 34.9 Å². The predicted octanol–water partition coefficient (Wildman–Crippen LogP) is 11.0. The monoisotopic (exact) mass is 1270 g/mol. The third-order valence-electron chi connectivity index (χ3n) is 16.8. The summed E-state index contributed by atoms with van der Waals surface area (Å²) in [6, 6.07) is 22.6. The van der Waals surface area contributed by atoms with Gasteiger partial charge in [0, 0.05) is 207 Å². The normalized spacial score (nSPS) is 12.5. The first-order valence-electron chi connectivity index (χ1n) is 30.1. The molecular formula is C69H62F3N17O5. The second-order valence-electron chi connectivity index (χ2n) is 22.7. The van der Waals surface area contributed by atoms with Gasteiger partial charge in [-0.3, -0.25) is 28.8 Å². The number of aromatic nitrogens is 12. The second-order valence-corrected chi connectivity index (χ2v) is 22.7. The predicted molar refractivity (Wildman–Crippen MR) is 348 cm³/mol. The molecule has 0 aliphatic carbocycles. The third-order valence-corrected chi connectivity index (χ3v) is 16.8. The summed E-state index contributed by atoms with van der Waals surface area (Å²) >= 11 is 0. The molecule has 9 aromatic heterocycles. The standard InChI is InChI=1S/C24H23FN6O2.C23H22FN5O2.C22H17FN6O/c1-30(2)24(32)20-10-21(31(3)29-20)17-13-28-23(18-11-26-8-6-14(17)18)27-12-16-15-7-9-33-22(15)5-4-19(16)25;1-13-8-20(29(2)28-13)17-11-27-23(18-12-25-22(30-3)9-15(17)18)26-10-16-14-6-7-31-21(14)5-4-19(16)24;1-29-20(8-13(9-24)28-29)17-12-27-22(18-10-25-6-4-14(17)18)26-11-16-15-5-7-30-21(15)3-2-19(16)23/h4-6,8,10-11,13H,7,9,12H2,1-3H3,(H,27,28);4-5,8-9,11-12H,6-7,10H2,1-3H3,(H,26,27);2-4,6,8,10,12H,5,7,11H2,1H3,(H,26,27). The van der Waals surface area contributed by atoms with Gasteiger partial charge in [-0.1, -0.05) is 0 Å². The number of halogens is 3. The number of nitrogens with zero attached hydrogens (tertiary/aromatic N) is 14. The lowest BCUT2D eigenvalue weighted by Gasteiger charge is -2.14. The van der Waals surface area contributed by atoms with Crippen LogP contribution in [0.3, 0.4) is 0 Å². The van der Waals surface area contributed by atoms with Crippen molar-refractivity contribution in [2.45, 2.75) is 45.8 Å². The number of fused-ring (bicyclic) bond motifs is 6. The average Bonchev–Trinajstić information content (AvgIpc) is 1.24. The summed E-state index contributed by atoms with van der Waals surface area (Å²) in [6.45, 7) is 4.54. The summed E-state index contributed by atoms with van der Waals surface area (Å²) in [5, 5.41) is 37.2. The van der Waals surface area contributed by atoms with Crippen molar-refractivity contribution in [3.63, 3.8) is 0 Å². The minimum absolute atomic E-state index is 0.171. The molecule has 22 nitrogen and oxygen atoms in total. The van der Waals surface area contributed by atoms with Crippen molar-refractivity contribution in [1.29, 1.82) is 5.26 Å². The molecule has 0 saturated heterocycles. The van der Waals surface area contributed by atoms with Crippen molar-refractivity contribution in [3.8, 4) is 63.0 Å². The highest BCUT2D eigenvalue weighted by molar-refractivity contribution is 6.03. The van der Waals surface area contributed by atoms with E-state index in [1.165, 1.54) is 23.1 Å². The number of carbonyl (C=O) groups is 1. The number of anilines is 3. The number of pyridine rings is 6. The Balaban J connectivity index is 0.000000128. The van der Waals surface area contributed by atoms with Crippen LogP contribution in [0, 0.1) is 35.7 Å². The molecule has 25 heteroatoms. The zero-order chi connectivity index (χ0) is 65.3. The summed E-state index contributed by atoms with van der Waals surface area (Å²) in [5.74, 6) is 3.64. The molecule has 0 spiro atoms. The number of nitrogens with one attached hydrogen (secondary N) is 3. The van der Waals surface area contributed by atoms with Gasteiger partial charge in [0.1, 0.15) is 58.2 Å². The molecule has 3 N–H and O–H groups in total.